The number of hydrogen-bond acceptors (Lipinski definition) is 7. The normalized spacial score (nSPS) is 33.6. The molecule has 35 heavy (non-hydrogen) atoms. The van der Waals surface area contributed by atoms with Crippen LogP contribution in [0.25, 0.3) is 0 Å². The third-order valence-corrected chi connectivity index (χ3v) is 8.94. The molecule has 1 unspecified atom stereocenters. The molecule has 3 saturated heterocycles. The number of nitrogens with one attached hydrogen (secondary N) is 1. The van der Waals surface area contributed by atoms with Gasteiger partial charge in [-0.2, -0.15) is 0 Å². The molecule has 0 aliphatic carbocycles. The van der Waals surface area contributed by atoms with Gasteiger partial charge in [0, 0.05) is 48.3 Å². The van der Waals surface area contributed by atoms with Crippen molar-refractivity contribution in [2.75, 3.05) is 26.2 Å². The molecule has 0 aromatic rings. The topological polar surface area (TPSA) is 157 Å². The number of carbonyl (C=O) groups is 4. The van der Waals surface area contributed by atoms with Crippen LogP contribution in [0.2, 0.25) is 0 Å². The molecule has 196 valence electrons. The van der Waals surface area contributed by atoms with Crippen LogP contribution in [0, 0.1) is 11.8 Å². The molecule has 0 bridgehead atoms. The van der Waals surface area contributed by atoms with Crippen molar-refractivity contribution in [3.05, 3.63) is 10.6 Å². The van der Waals surface area contributed by atoms with Crippen LogP contribution in [0.5, 0.6) is 0 Å². The number of thioether (sulfide) groups is 1. The van der Waals surface area contributed by atoms with Crippen molar-refractivity contribution < 1.29 is 29.4 Å². The summed E-state index contributed by atoms with van der Waals surface area (Å²) in [4.78, 5) is 54.7. The second kappa shape index (κ2) is 10.5. The van der Waals surface area contributed by atoms with Crippen molar-refractivity contribution in [1.29, 1.82) is 0 Å². The number of amides is 4. The third kappa shape index (κ3) is 4.85. The lowest BCUT2D eigenvalue weighted by molar-refractivity contribution is -0.163. The minimum Gasteiger partial charge on any atom is -0.477 e. The van der Waals surface area contributed by atoms with E-state index >= 15 is 0 Å². The second-order valence-electron chi connectivity index (χ2n) is 9.73. The summed E-state index contributed by atoms with van der Waals surface area (Å²) in [6.45, 7) is 7.36. The number of β-lactam (4-membered cyclic amide) rings is 1. The number of aliphatic hydroxyl groups excluding tert-OH is 1. The highest BCUT2D eigenvalue weighted by Gasteiger charge is 2.60. The SMILES string of the molecule is CC1CN(C(N)=O)CCCN1C(=O)[C@@H]1C[C@H](SC2=C(C(=O)O)N3C(=O)[C@H]([C@@H](C)O)[C@H]3[C@H]2C)CN1.Cl. The van der Waals surface area contributed by atoms with E-state index in [1.165, 1.54) is 16.7 Å². The highest BCUT2D eigenvalue weighted by atomic mass is 35.5. The van der Waals surface area contributed by atoms with Crippen LogP contribution < -0.4 is 11.1 Å². The lowest BCUT2D eigenvalue weighted by Gasteiger charge is -2.46. The Morgan fingerprint density at radius 1 is 1.23 bits per heavy atom. The molecule has 3 fully saturated rings. The number of urea groups is 1. The fraction of sp³-hybridized carbons (Fsp3) is 0.727. The molecule has 13 heteroatoms. The quantitative estimate of drug-likeness (QED) is 0.362. The van der Waals surface area contributed by atoms with Gasteiger partial charge in [0.15, 0.2) is 0 Å². The van der Waals surface area contributed by atoms with Gasteiger partial charge in [0.25, 0.3) is 0 Å². The molecular weight excluding hydrogens is 498 g/mol. The van der Waals surface area contributed by atoms with Gasteiger partial charge in [-0.1, -0.05) is 6.92 Å². The number of hydrogen-bond donors (Lipinski definition) is 4. The molecule has 7 atom stereocenters. The average molecular weight is 532 g/mol. The molecule has 4 amide bonds. The van der Waals surface area contributed by atoms with E-state index in [4.69, 9.17) is 5.73 Å². The predicted octanol–water partition coefficient (Wildman–Crippen LogP) is 0.0271. The summed E-state index contributed by atoms with van der Waals surface area (Å²) < 4.78 is 0. The van der Waals surface area contributed by atoms with Gasteiger partial charge >= 0.3 is 12.0 Å². The van der Waals surface area contributed by atoms with E-state index in [0.29, 0.717) is 43.9 Å². The summed E-state index contributed by atoms with van der Waals surface area (Å²) in [6, 6.07) is -1.38. The first kappa shape index (κ1) is 27.6. The Kier molecular flexibility index (Phi) is 8.30. The molecule has 0 saturated carbocycles. The number of primary amides is 1. The van der Waals surface area contributed by atoms with Crippen molar-refractivity contribution in [3.63, 3.8) is 0 Å². The first-order chi connectivity index (χ1) is 16.0. The number of carbonyl (C=O) groups excluding carboxylic acids is 3. The minimum absolute atomic E-state index is 0. The van der Waals surface area contributed by atoms with Crippen molar-refractivity contribution in [2.45, 2.75) is 63.1 Å². The number of nitrogens with zero attached hydrogens (tertiary/aromatic N) is 3. The molecule has 0 spiro atoms. The van der Waals surface area contributed by atoms with Gasteiger partial charge < -0.3 is 36.0 Å². The number of carboxylic acid groups (broad SMARTS) is 1. The van der Waals surface area contributed by atoms with Crippen LogP contribution in [0.15, 0.2) is 10.6 Å². The second-order valence-corrected chi connectivity index (χ2v) is 11.1. The summed E-state index contributed by atoms with van der Waals surface area (Å²) in [5, 5.41) is 23.1. The smallest absolute Gasteiger partial charge is 0.353 e. The molecule has 4 aliphatic rings. The molecule has 11 nitrogen and oxygen atoms in total. The van der Waals surface area contributed by atoms with Gasteiger partial charge in [-0.25, -0.2) is 9.59 Å². The largest absolute Gasteiger partial charge is 0.477 e. The Morgan fingerprint density at radius 3 is 2.51 bits per heavy atom. The van der Waals surface area contributed by atoms with E-state index in [-0.39, 0.29) is 53.2 Å². The summed E-state index contributed by atoms with van der Waals surface area (Å²) in [7, 11) is 0. The van der Waals surface area contributed by atoms with Gasteiger partial charge in [0.2, 0.25) is 11.8 Å². The van der Waals surface area contributed by atoms with Crippen LogP contribution >= 0.6 is 24.2 Å². The van der Waals surface area contributed by atoms with E-state index in [9.17, 15) is 29.4 Å². The van der Waals surface area contributed by atoms with Crippen LogP contribution in [0.4, 0.5) is 4.79 Å². The number of nitrogens with two attached hydrogens (primary N) is 1. The highest BCUT2D eigenvalue weighted by molar-refractivity contribution is 8.03. The van der Waals surface area contributed by atoms with Crippen LogP contribution in [-0.4, -0.2) is 104 Å². The van der Waals surface area contributed by atoms with Crippen LogP contribution in [0.3, 0.4) is 0 Å². The Labute approximate surface area is 214 Å². The lowest BCUT2D eigenvalue weighted by Crippen LogP contribution is -2.63. The van der Waals surface area contributed by atoms with E-state index in [2.05, 4.69) is 5.32 Å². The zero-order valence-corrected chi connectivity index (χ0v) is 21.7. The van der Waals surface area contributed by atoms with Gasteiger partial charge in [-0.05, 0) is 26.7 Å². The molecule has 4 heterocycles. The molecule has 0 radical (unpaired) electrons. The van der Waals surface area contributed by atoms with Crippen LogP contribution in [-0.2, 0) is 14.4 Å². The zero-order valence-electron chi connectivity index (χ0n) is 20.0. The number of fused-ring (bicyclic) bond motifs is 1. The third-order valence-electron chi connectivity index (χ3n) is 7.43. The minimum atomic E-state index is -1.15. The summed E-state index contributed by atoms with van der Waals surface area (Å²) in [5.74, 6) is -2.32. The van der Waals surface area contributed by atoms with Crippen LogP contribution in [0.1, 0.15) is 33.6 Å². The van der Waals surface area contributed by atoms with Gasteiger partial charge in [-0.15, -0.1) is 24.2 Å². The number of rotatable bonds is 5. The van der Waals surface area contributed by atoms with Gasteiger partial charge in [-0.3, -0.25) is 9.59 Å². The Balaban J connectivity index is 0.00000342. The monoisotopic (exact) mass is 531 g/mol. The summed E-state index contributed by atoms with van der Waals surface area (Å²) in [5.41, 5.74) is 5.43. The summed E-state index contributed by atoms with van der Waals surface area (Å²) in [6.07, 6.45) is 0.353. The molecule has 4 aliphatic heterocycles. The first-order valence-corrected chi connectivity index (χ1v) is 12.6. The average Bonchev–Trinajstić information content (AvgIpc) is 3.24. The van der Waals surface area contributed by atoms with Gasteiger partial charge in [0.1, 0.15) is 5.70 Å². The number of aliphatic carboxylic acids is 1. The maximum Gasteiger partial charge on any atom is 0.353 e. The molecule has 5 N–H and O–H groups in total. The van der Waals surface area contributed by atoms with E-state index < -0.39 is 30.1 Å². The number of carboxylic acids is 1. The fourth-order valence-electron chi connectivity index (χ4n) is 5.73. The fourth-order valence-corrected chi connectivity index (χ4v) is 7.21. The summed E-state index contributed by atoms with van der Waals surface area (Å²) >= 11 is 1.42. The maximum absolute atomic E-state index is 13.3. The molecule has 0 aromatic heterocycles. The Hall–Kier alpha value is -2.02. The lowest BCUT2D eigenvalue weighted by atomic mass is 9.79. The van der Waals surface area contributed by atoms with Gasteiger partial charge in [0.05, 0.1) is 24.1 Å². The zero-order chi connectivity index (χ0) is 24.9. The maximum atomic E-state index is 13.3. The molecule has 0 aromatic carbocycles. The molecule has 4 rings (SSSR count). The Bertz CT molecular complexity index is 932. The standard InChI is InChI=1S/C22H33N5O6S.ClH/c1-10-9-25(22(23)33)5-4-6-26(10)19(29)14-7-13(8-24-14)34-18-11(2)16-15(12(3)28)20(30)27(16)17(18)21(31)32;/h10-16,24,28H,4-9H2,1-3H3,(H2,23,33)(H,31,32);1H/t10?,11-,12-,13+,14+,15-,16-;/m1./s1. The highest BCUT2D eigenvalue weighted by Crippen LogP contribution is 2.51. The van der Waals surface area contributed by atoms with Crippen molar-refractivity contribution in [2.24, 2.45) is 17.6 Å². The number of aliphatic hydroxyl groups is 1. The van der Waals surface area contributed by atoms with Crippen molar-refractivity contribution in [1.82, 2.24) is 20.0 Å². The Morgan fingerprint density at radius 2 is 1.91 bits per heavy atom. The van der Waals surface area contributed by atoms with E-state index in [1.807, 2.05) is 13.8 Å². The van der Waals surface area contributed by atoms with Crippen molar-refractivity contribution in [3.8, 4) is 0 Å². The number of halogens is 1. The first-order valence-electron chi connectivity index (χ1n) is 11.8. The van der Waals surface area contributed by atoms with Crippen molar-refractivity contribution >= 4 is 48.0 Å². The predicted molar refractivity (Wildman–Crippen MR) is 132 cm³/mol. The van der Waals surface area contributed by atoms with E-state index in [0.717, 1.165) is 0 Å². The van der Waals surface area contributed by atoms with E-state index in [1.54, 1.807) is 16.7 Å². The molecular formula is C22H34ClN5O6S.